The number of nitrogens with zero attached hydrogens (tertiary/aromatic N) is 1. The van der Waals surface area contributed by atoms with Crippen molar-refractivity contribution in [1.82, 2.24) is 5.32 Å². The Morgan fingerprint density at radius 1 is 1.17 bits per heavy atom. The van der Waals surface area contributed by atoms with Crippen LogP contribution < -0.4 is 15.5 Å². The van der Waals surface area contributed by atoms with Crippen molar-refractivity contribution in [3.63, 3.8) is 0 Å². The summed E-state index contributed by atoms with van der Waals surface area (Å²) in [4.78, 5) is 25.2. The molecular weight excluding hydrogens is 322 g/mol. The molecule has 1 saturated heterocycles. The summed E-state index contributed by atoms with van der Waals surface area (Å²) in [5.41, 5.74) is 2.57. The van der Waals surface area contributed by atoms with Gasteiger partial charge < -0.3 is 10.6 Å². The average Bonchev–Trinajstić information content (AvgIpc) is 2.82. The maximum Gasteiger partial charge on any atom is 0.281 e. The van der Waals surface area contributed by atoms with Crippen molar-refractivity contribution < 1.29 is 9.59 Å². The zero-order valence-electron chi connectivity index (χ0n) is 12.9. The van der Waals surface area contributed by atoms with Gasteiger partial charge in [0.15, 0.2) is 5.11 Å². The Morgan fingerprint density at radius 3 is 2.62 bits per heavy atom. The van der Waals surface area contributed by atoms with Crippen LogP contribution in [0.2, 0.25) is 0 Å². The van der Waals surface area contributed by atoms with Crippen LogP contribution in [0.15, 0.2) is 60.3 Å². The summed E-state index contributed by atoms with van der Waals surface area (Å²) in [6.07, 6.45) is 1.71. The average molecular weight is 337 g/mol. The van der Waals surface area contributed by atoms with Gasteiger partial charge in [0.1, 0.15) is 5.70 Å². The van der Waals surface area contributed by atoms with Gasteiger partial charge in [-0.3, -0.25) is 14.5 Å². The maximum absolute atomic E-state index is 12.6. The normalized spacial score (nSPS) is 15.5. The lowest BCUT2D eigenvalue weighted by Gasteiger charge is -2.13. The van der Waals surface area contributed by atoms with E-state index in [1.807, 2.05) is 42.5 Å². The third-order valence-electron chi connectivity index (χ3n) is 3.41. The Bertz CT molecular complexity index is 846. The Hall–Kier alpha value is -2.99. The molecule has 2 aromatic rings. The van der Waals surface area contributed by atoms with Crippen LogP contribution in [0.5, 0.6) is 0 Å². The largest absolute Gasteiger partial charge is 0.327 e. The summed E-state index contributed by atoms with van der Waals surface area (Å²) in [6, 6.07) is 16.5. The minimum absolute atomic E-state index is 0.147. The number of hydrogen-bond acceptors (Lipinski definition) is 3. The maximum atomic E-state index is 12.6. The number of rotatable bonds is 3. The molecule has 1 aliphatic rings. The van der Waals surface area contributed by atoms with Gasteiger partial charge in [0, 0.05) is 12.6 Å². The molecule has 0 aromatic heterocycles. The van der Waals surface area contributed by atoms with Crippen LogP contribution in [0.25, 0.3) is 6.08 Å². The number of thiocarbonyl (C=S) groups is 1. The summed E-state index contributed by atoms with van der Waals surface area (Å²) >= 11 is 5.27. The molecule has 2 aromatic carbocycles. The molecule has 1 fully saturated rings. The molecular formula is C18H15N3O2S. The second kappa shape index (κ2) is 6.64. The Kier molecular flexibility index (Phi) is 4.39. The second-order valence-corrected chi connectivity index (χ2v) is 5.66. The molecule has 2 N–H and O–H groups in total. The zero-order valence-corrected chi connectivity index (χ0v) is 13.8. The van der Waals surface area contributed by atoms with Crippen molar-refractivity contribution in [1.29, 1.82) is 0 Å². The van der Waals surface area contributed by atoms with Gasteiger partial charge in [-0.25, -0.2) is 0 Å². The van der Waals surface area contributed by atoms with Crippen molar-refractivity contribution in [2.75, 3.05) is 10.2 Å². The van der Waals surface area contributed by atoms with E-state index in [0.29, 0.717) is 16.5 Å². The van der Waals surface area contributed by atoms with E-state index in [0.717, 1.165) is 11.3 Å². The minimum atomic E-state index is -0.212. The molecule has 6 heteroatoms. The van der Waals surface area contributed by atoms with Gasteiger partial charge in [-0.15, -0.1) is 0 Å². The molecule has 0 aliphatic carbocycles. The van der Waals surface area contributed by atoms with Crippen molar-refractivity contribution in [2.45, 2.75) is 6.92 Å². The molecule has 120 valence electrons. The van der Waals surface area contributed by atoms with Crippen LogP contribution in [0, 0.1) is 0 Å². The van der Waals surface area contributed by atoms with E-state index in [2.05, 4.69) is 10.6 Å². The predicted octanol–water partition coefficient (Wildman–Crippen LogP) is 2.91. The minimum Gasteiger partial charge on any atom is -0.327 e. The molecule has 0 radical (unpaired) electrons. The highest BCUT2D eigenvalue weighted by Gasteiger charge is 2.31. The lowest BCUT2D eigenvalue weighted by Crippen LogP contribution is -2.30. The van der Waals surface area contributed by atoms with E-state index >= 15 is 0 Å². The van der Waals surface area contributed by atoms with Crippen molar-refractivity contribution >= 4 is 46.6 Å². The van der Waals surface area contributed by atoms with Gasteiger partial charge in [0.25, 0.3) is 5.91 Å². The first-order valence-electron chi connectivity index (χ1n) is 7.34. The van der Waals surface area contributed by atoms with Gasteiger partial charge in [-0.05, 0) is 48.1 Å². The van der Waals surface area contributed by atoms with Gasteiger partial charge in [-0.2, -0.15) is 0 Å². The van der Waals surface area contributed by atoms with E-state index in [1.165, 1.54) is 11.8 Å². The molecule has 3 rings (SSSR count). The molecule has 0 spiro atoms. The van der Waals surface area contributed by atoms with E-state index in [4.69, 9.17) is 12.2 Å². The molecule has 2 amide bonds. The van der Waals surface area contributed by atoms with Gasteiger partial charge in [-0.1, -0.05) is 30.3 Å². The summed E-state index contributed by atoms with van der Waals surface area (Å²) < 4.78 is 0. The molecule has 0 atom stereocenters. The number of para-hydroxylation sites is 1. The number of nitrogens with one attached hydrogen (secondary N) is 2. The fourth-order valence-corrected chi connectivity index (χ4v) is 2.72. The number of benzene rings is 2. The van der Waals surface area contributed by atoms with E-state index in [-0.39, 0.29) is 11.8 Å². The molecule has 0 unspecified atom stereocenters. The predicted molar refractivity (Wildman–Crippen MR) is 98.4 cm³/mol. The Balaban J connectivity index is 1.88. The Labute approximate surface area is 145 Å². The number of carbonyl (C=O) groups excluding carboxylic acids is 2. The number of amides is 2. The summed E-state index contributed by atoms with van der Waals surface area (Å²) in [5.74, 6) is -0.359. The number of carbonyl (C=O) groups is 2. The lowest BCUT2D eigenvalue weighted by molar-refractivity contribution is -0.114. The Morgan fingerprint density at radius 2 is 1.92 bits per heavy atom. The second-order valence-electron chi connectivity index (χ2n) is 5.27. The highest BCUT2D eigenvalue weighted by atomic mass is 32.1. The highest BCUT2D eigenvalue weighted by Crippen LogP contribution is 2.22. The van der Waals surface area contributed by atoms with Gasteiger partial charge >= 0.3 is 0 Å². The molecule has 0 saturated carbocycles. The monoisotopic (exact) mass is 337 g/mol. The third kappa shape index (κ3) is 3.33. The van der Waals surface area contributed by atoms with E-state index < -0.39 is 0 Å². The molecule has 5 nitrogen and oxygen atoms in total. The van der Waals surface area contributed by atoms with Crippen LogP contribution in [0.1, 0.15) is 12.5 Å². The van der Waals surface area contributed by atoms with Crippen molar-refractivity contribution in [2.24, 2.45) is 0 Å². The van der Waals surface area contributed by atoms with Crippen molar-refractivity contribution in [3.05, 3.63) is 65.9 Å². The first-order valence-corrected chi connectivity index (χ1v) is 7.75. The first-order chi connectivity index (χ1) is 11.5. The lowest BCUT2D eigenvalue weighted by atomic mass is 10.1. The molecule has 0 bridgehead atoms. The zero-order chi connectivity index (χ0) is 17.1. The topological polar surface area (TPSA) is 61.4 Å². The molecule has 1 aliphatic heterocycles. The SMILES string of the molecule is CC(=O)Nc1cccc(C=C2NC(=S)N(c3ccccc3)C2=O)c1. The van der Waals surface area contributed by atoms with Crippen LogP contribution in [0.4, 0.5) is 11.4 Å². The number of anilines is 2. The van der Waals surface area contributed by atoms with Crippen LogP contribution in [-0.4, -0.2) is 16.9 Å². The van der Waals surface area contributed by atoms with E-state index in [9.17, 15) is 9.59 Å². The highest BCUT2D eigenvalue weighted by molar-refractivity contribution is 7.80. The smallest absolute Gasteiger partial charge is 0.281 e. The standard InChI is InChI=1S/C18H15N3O2S/c1-12(22)19-14-7-5-6-13(10-14)11-16-17(23)21(18(24)20-16)15-8-3-2-4-9-15/h2-11H,1H3,(H,19,22)(H,20,24). The van der Waals surface area contributed by atoms with E-state index in [1.54, 1.807) is 18.2 Å². The van der Waals surface area contributed by atoms with Crippen LogP contribution >= 0.6 is 12.2 Å². The molecule has 1 heterocycles. The van der Waals surface area contributed by atoms with Crippen molar-refractivity contribution in [3.8, 4) is 0 Å². The number of hydrogen-bond donors (Lipinski definition) is 2. The van der Waals surface area contributed by atoms with Gasteiger partial charge in [0.05, 0.1) is 5.69 Å². The van der Waals surface area contributed by atoms with Crippen LogP contribution in [-0.2, 0) is 9.59 Å². The summed E-state index contributed by atoms with van der Waals surface area (Å²) in [7, 11) is 0. The van der Waals surface area contributed by atoms with Crippen LogP contribution in [0.3, 0.4) is 0 Å². The first kappa shape index (κ1) is 15.9. The summed E-state index contributed by atoms with van der Waals surface area (Å²) in [6.45, 7) is 1.45. The summed E-state index contributed by atoms with van der Waals surface area (Å²) in [5, 5.41) is 6.00. The van der Waals surface area contributed by atoms with Gasteiger partial charge in [0.2, 0.25) is 5.91 Å². The molecule has 24 heavy (non-hydrogen) atoms. The fraction of sp³-hybridized carbons (Fsp3) is 0.0556. The quantitative estimate of drug-likeness (QED) is 0.668. The third-order valence-corrected chi connectivity index (χ3v) is 3.70. The fourth-order valence-electron chi connectivity index (χ4n) is 2.42.